The SMILES string of the molecule is CCOc1cc(C)ccc1NC(=O)c1cnc(C)cn1. The van der Waals surface area contributed by atoms with Crippen LogP contribution in [0.15, 0.2) is 30.6 Å². The topological polar surface area (TPSA) is 64.1 Å². The van der Waals surface area contributed by atoms with Crippen LogP contribution in [-0.4, -0.2) is 22.5 Å². The van der Waals surface area contributed by atoms with Gasteiger partial charge in [-0.15, -0.1) is 0 Å². The van der Waals surface area contributed by atoms with Crippen molar-refractivity contribution in [1.29, 1.82) is 0 Å². The second-order valence-electron chi connectivity index (χ2n) is 4.43. The third kappa shape index (κ3) is 3.32. The van der Waals surface area contributed by atoms with Crippen LogP contribution < -0.4 is 10.1 Å². The van der Waals surface area contributed by atoms with Crippen LogP contribution in [-0.2, 0) is 0 Å². The summed E-state index contributed by atoms with van der Waals surface area (Å²) in [6, 6.07) is 5.62. The lowest BCUT2D eigenvalue weighted by molar-refractivity contribution is 0.102. The first-order chi connectivity index (χ1) is 9.60. The predicted octanol–water partition coefficient (Wildman–Crippen LogP) is 2.74. The van der Waals surface area contributed by atoms with E-state index in [2.05, 4.69) is 15.3 Å². The quantitative estimate of drug-likeness (QED) is 0.928. The van der Waals surface area contributed by atoms with Gasteiger partial charge in [0, 0.05) is 6.20 Å². The monoisotopic (exact) mass is 271 g/mol. The van der Waals surface area contributed by atoms with Gasteiger partial charge in [-0.05, 0) is 38.5 Å². The number of rotatable bonds is 4. The van der Waals surface area contributed by atoms with Crippen molar-refractivity contribution >= 4 is 11.6 Å². The molecule has 0 fully saturated rings. The Hall–Kier alpha value is -2.43. The van der Waals surface area contributed by atoms with Gasteiger partial charge in [-0.3, -0.25) is 9.78 Å². The fourth-order valence-corrected chi connectivity index (χ4v) is 1.70. The Morgan fingerprint density at radius 2 is 2.05 bits per heavy atom. The number of anilines is 1. The summed E-state index contributed by atoms with van der Waals surface area (Å²) in [5, 5.41) is 2.79. The number of benzene rings is 1. The summed E-state index contributed by atoms with van der Waals surface area (Å²) in [5.41, 5.74) is 2.75. The molecular weight excluding hydrogens is 254 g/mol. The number of carbonyl (C=O) groups excluding carboxylic acids is 1. The summed E-state index contributed by atoms with van der Waals surface area (Å²) >= 11 is 0. The minimum Gasteiger partial charge on any atom is -0.492 e. The van der Waals surface area contributed by atoms with E-state index in [1.165, 1.54) is 6.20 Å². The maximum Gasteiger partial charge on any atom is 0.275 e. The number of nitrogens with zero attached hydrogens (tertiary/aromatic N) is 2. The standard InChI is InChI=1S/C15H17N3O2/c1-4-20-14-7-10(2)5-6-12(14)18-15(19)13-9-16-11(3)8-17-13/h5-9H,4H2,1-3H3,(H,18,19). The lowest BCUT2D eigenvalue weighted by atomic mass is 10.2. The number of hydrogen-bond acceptors (Lipinski definition) is 4. The molecule has 20 heavy (non-hydrogen) atoms. The highest BCUT2D eigenvalue weighted by Gasteiger charge is 2.11. The van der Waals surface area contributed by atoms with Crippen molar-refractivity contribution in [3.05, 3.63) is 47.5 Å². The largest absolute Gasteiger partial charge is 0.492 e. The first kappa shape index (κ1) is 14.0. The van der Waals surface area contributed by atoms with Crippen LogP contribution in [0, 0.1) is 13.8 Å². The third-order valence-corrected chi connectivity index (χ3v) is 2.70. The molecule has 1 aromatic heterocycles. The van der Waals surface area contributed by atoms with Gasteiger partial charge in [-0.25, -0.2) is 4.98 Å². The molecule has 0 radical (unpaired) electrons. The van der Waals surface area contributed by atoms with E-state index in [9.17, 15) is 4.79 Å². The Morgan fingerprint density at radius 1 is 1.25 bits per heavy atom. The number of aryl methyl sites for hydroxylation is 2. The number of amides is 1. The van der Waals surface area contributed by atoms with E-state index in [1.807, 2.05) is 39.0 Å². The van der Waals surface area contributed by atoms with Crippen molar-refractivity contribution in [3.8, 4) is 5.75 Å². The van der Waals surface area contributed by atoms with E-state index < -0.39 is 0 Å². The molecule has 1 heterocycles. The second-order valence-corrected chi connectivity index (χ2v) is 4.43. The average molecular weight is 271 g/mol. The molecule has 0 bridgehead atoms. The van der Waals surface area contributed by atoms with Crippen molar-refractivity contribution in [2.45, 2.75) is 20.8 Å². The maximum atomic E-state index is 12.1. The summed E-state index contributed by atoms with van der Waals surface area (Å²) in [6.07, 6.45) is 3.02. The molecule has 5 heteroatoms. The molecule has 0 unspecified atom stereocenters. The Kier molecular flexibility index (Phi) is 4.30. The van der Waals surface area contributed by atoms with E-state index in [4.69, 9.17) is 4.74 Å². The zero-order valence-corrected chi connectivity index (χ0v) is 11.8. The highest BCUT2D eigenvalue weighted by atomic mass is 16.5. The third-order valence-electron chi connectivity index (χ3n) is 2.70. The minimum absolute atomic E-state index is 0.277. The van der Waals surface area contributed by atoms with Crippen LogP contribution in [0.4, 0.5) is 5.69 Å². The van der Waals surface area contributed by atoms with E-state index in [0.29, 0.717) is 18.0 Å². The normalized spacial score (nSPS) is 10.2. The van der Waals surface area contributed by atoms with E-state index in [-0.39, 0.29) is 11.6 Å². The molecule has 0 aliphatic rings. The highest BCUT2D eigenvalue weighted by molar-refractivity contribution is 6.03. The lowest BCUT2D eigenvalue weighted by Gasteiger charge is -2.12. The minimum atomic E-state index is -0.303. The molecule has 0 aliphatic heterocycles. The smallest absolute Gasteiger partial charge is 0.275 e. The van der Waals surface area contributed by atoms with Gasteiger partial charge in [-0.2, -0.15) is 0 Å². The fraction of sp³-hybridized carbons (Fsp3) is 0.267. The summed E-state index contributed by atoms with van der Waals surface area (Å²) in [5.74, 6) is 0.350. The van der Waals surface area contributed by atoms with Gasteiger partial charge in [0.2, 0.25) is 0 Å². The molecule has 0 saturated carbocycles. The van der Waals surface area contributed by atoms with E-state index >= 15 is 0 Å². The summed E-state index contributed by atoms with van der Waals surface area (Å²) < 4.78 is 5.52. The van der Waals surface area contributed by atoms with Crippen LogP contribution in [0.2, 0.25) is 0 Å². The number of aromatic nitrogens is 2. The van der Waals surface area contributed by atoms with Gasteiger partial charge in [0.05, 0.1) is 24.2 Å². The molecule has 1 N–H and O–H groups in total. The Labute approximate surface area is 118 Å². The summed E-state index contributed by atoms with van der Waals surface area (Å²) in [7, 11) is 0. The van der Waals surface area contributed by atoms with E-state index in [1.54, 1.807) is 6.20 Å². The number of nitrogens with one attached hydrogen (secondary N) is 1. The van der Waals surface area contributed by atoms with Crippen molar-refractivity contribution in [2.24, 2.45) is 0 Å². The van der Waals surface area contributed by atoms with Gasteiger partial charge >= 0.3 is 0 Å². The number of ether oxygens (including phenoxy) is 1. The van der Waals surface area contributed by atoms with Crippen LogP contribution in [0.1, 0.15) is 28.7 Å². The molecular formula is C15H17N3O2. The molecule has 0 aliphatic carbocycles. The van der Waals surface area contributed by atoms with Crippen LogP contribution in [0.3, 0.4) is 0 Å². The Morgan fingerprint density at radius 3 is 2.70 bits per heavy atom. The van der Waals surface area contributed by atoms with Crippen molar-refractivity contribution in [3.63, 3.8) is 0 Å². The van der Waals surface area contributed by atoms with Gasteiger partial charge in [0.15, 0.2) is 0 Å². The van der Waals surface area contributed by atoms with Gasteiger partial charge < -0.3 is 10.1 Å². The summed E-state index contributed by atoms with van der Waals surface area (Å²) in [6.45, 7) is 6.23. The molecule has 0 saturated heterocycles. The van der Waals surface area contributed by atoms with Crippen molar-refractivity contribution < 1.29 is 9.53 Å². The van der Waals surface area contributed by atoms with Gasteiger partial charge in [0.1, 0.15) is 11.4 Å². The first-order valence-corrected chi connectivity index (χ1v) is 6.43. The lowest BCUT2D eigenvalue weighted by Crippen LogP contribution is -2.15. The molecule has 2 rings (SSSR count). The second kappa shape index (κ2) is 6.14. The van der Waals surface area contributed by atoms with Crippen LogP contribution >= 0.6 is 0 Å². The van der Waals surface area contributed by atoms with Crippen LogP contribution in [0.25, 0.3) is 0 Å². The van der Waals surface area contributed by atoms with Gasteiger partial charge in [0.25, 0.3) is 5.91 Å². The maximum absolute atomic E-state index is 12.1. The fourth-order valence-electron chi connectivity index (χ4n) is 1.70. The zero-order chi connectivity index (χ0) is 14.5. The molecule has 1 aromatic carbocycles. The van der Waals surface area contributed by atoms with Crippen molar-refractivity contribution in [2.75, 3.05) is 11.9 Å². The molecule has 0 atom stereocenters. The Balaban J connectivity index is 2.21. The molecule has 2 aromatic rings. The molecule has 104 valence electrons. The molecule has 0 spiro atoms. The number of hydrogen-bond donors (Lipinski definition) is 1. The average Bonchev–Trinajstić information content (AvgIpc) is 2.43. The van der Waals surface area contributed by atoms with Gasteiger partial charge in [-0.1, -0.05) is 6.07 Å². The highest BCUT2D eigenvalue weighted by Crippen LogP contribution is 2.26. The summed E-state index contributed by atoms with van der Waals surface area (Å²) in [4.78, 5) is 20.2. The van der Waals surface area contributed by atoms with Crippen LogP contribution in [0.5, 0.6) is 5.75 Å². The van der Waals surface area contributed by atoms with E-state index in [0.717, 1.165) is 11.3 Å². The van der Waals surface area contributed by atoms with Crippen molar-refractivity contribution in [1.82, 2.24) is 9.97 Å². The zero-order valence-electron chi connectivity index (χ0n) is 11.8. The first-order valence-electron chi connectivity index (χ1n) is 6.43. The molecule has 5 nitrogen and oxygen atoms in total. The molecule has 1 amide bonds. The number of carbonyl (C=O) groups is 1. The predicted molar refractivity (Wildman–Crippen MR) is 77.1 cm³/mol. The Bertz CT molecular complexity index is 609.